The van der Waals surface area contributed by atoms with Crippen LogP contribution < -0.4 is 5.32 Å². The first-order valence-electron chi connectivity index (χ1n) is 4.84. The topological polar surface area (TPSA) is 28.4 Å². The Labute approximate surface area is 85.4 Å². The fourth-order valence-corrected chi connectivity index (χ4v) is 1.25. The summed E-state index contributed by atoms with van der Waals surface area (Å²) in [5.74, 6) is 0. The molecule has 1 aromatic rings. The van der Waals surface area contributed by atoms with Gasteiger partial charge in [0.1, 0.15) is 0 Å². The normalized spacial score (nSPS) is 10.7. The second kappa shape index (κ2) is 6.40. The first kappa shape index (κ1) is 11.0. The van der Waals surface area contributed by atoms with E-state index in [0.717, 1.165) is 26.2 Å². The summed E-state index contributed by atoms with van der Waals surface area (Å²) in [6.45, 7) is 7.47. The number of hydrogen-bond donors (Lipinski definition) is 1. The number of nitrogens with one attached hydrogen (secondary N) is 1. The van der Waals surface area contributed by atoms with Crippen molar-refractivity contribution in [3.63, 3.8) is 0 Å². The Morgan fingerprint density at radius 1 is 1.64 bits per heavy atom. The molecule has 0 bridgehead atoms. The van der Waals surface area contributed by atoms with Gasteiger partial charge in [-0.05, 0) is 13.1 Å². The van der Waals surface area contributed by atoms with Crippen LogP contribution in [0.1, 0.15) is 5.56 Å². The number of likely N-dealkylation sites (N-methyl/N-ethyl adjacent to an activating group) is 1. The van der Waals surface area contributed by atoms with Crippen molar-refractivity contribution in [3.05, 3.63) is 36.8 Å². The minimum Gasteiger partial charge on any atom is -0.472 e. The summed E-state index contributed by atoms with van der Waals surface area (Å²) in [5.41, 5.74) is 1.22. The molecule has 0 aliphatic heterocycles. The lowest BCUT2D eigenvalue weighted by atomic mass is 10.3. The van der Waals surface area contributed by atoms with E-state index in [9.17, 15) is 0 Å². The van der Waals surface area contributed by atoms with E-state index < -0.39 is 0 Å². The Kier molecular flexibility index (Phi) is 5.04. The molecule has 0 saturated carbocycles. The molecule has 0 radical (unpaired) electrons. The number of furan rings is 1. The van der Waals surface area contributed by atoms with Crippen LogP contribution in [0.4, 0.5) is 0 Å². The predicted octanol–water partition coefficient (Wildman–Crippen LogP) is 1.49. The molecule has 0 aromatic carbocycles. The van der Waals surface area contributed by atoms with E-state index in [2.05, 4.69) is 23.8 Å². The zero-order valence-electron chi connectivity index (χ0n) is 8.70. The minimum atomic E-state index is 0.875. The lowest BCUT2D eigenvalue weighted by Gasteiger charge is -2.15. The van der Waals surface area contributed by atoms with Gasteiger partial charge in [0.2, 0.25) is 0 Å². The predicted molar refractivity (Wildman–Crippen MR) is 58.1 cm³/mol. The Balaban J connectivity index is 2.10. The molecule has 78 valence electrons. The van der Waals surface area contributed by atoms with Crippen LogP contribution in [0.3, 0.4) is 0 Å². The fourth-order valence-electron chi connectivity index (χ4n) is 1.25. The average molecular weight is 194 g/mol. The first-order chi connectivity index (χ1) is 6.83. The van der Waals surface area contributed by atoms with E-state index in [1.54, 1.807) is 12.5 Å². The van der Waals surface area contributed by atoms with Gasteiger partial charge in [-0.15, -0.1) is 6.58 Å². The summed E-state index contributed by atoms with van der Waals surface area (Å²) in [7, 11) is 2.10. The molecule has 1 aromatic heterocycles. The minimum absolute atomic E-state index is 0.875. The van der Waals surface area contributed by atoms with Gasteiger partial charge in [0, 0.05) is 31.7 Å². The maximum Gasteiger partial charge on any atom is 0.0947 e. The zero-order valence-corrected chi connectivity index (χ0v) is 8.70. The molecule has 0 fully saturated rings. The smallest absolute Gasteiger partial charge is 0.0947 e. The largest absolute Gasteiger partial charge is 0.472 e. The maximum atomic E-state index is 5.00. The van der Waals surface area contributed by atoms with Crippen LogP contribution in [0.5, 0.6) is 0 Å². The molecule has 0 saturated heterocycles. The van der Waals surface area contributed by atoms with E-state index in [1.807, 2.05) is 12.1 Å². The highest BCUT2D eigenvalue weighted by atomic mass is 16.3. The van der Waals surface area contributed by atoms with Crippen LogP contribution in [0.25, 0.3) is 0 Å². The van der Waals surface area contributed by atoms with E-state index in [1.165, 1.54) is 5.56 Å². The molecule has 1 heterocycles. The molecule has 14 heavy (non-hydrogen) atoms. The van der Waals surface area contributed by atoms with Crippen LogP contribution in [0.2, 0.25) is 0 Å². The van der Waals surface area contributed by atoms with Gasteiger partial charge in [0.15, 0.2) is 0 Å². The Morgan fingerprint density at radius 2 is 2.50 bits per heavy atom. The molecule has 0 unspecified atom stereocenters. The second-order valence-electron chi connectivity index (χ2n) is 3.36. The lowest BCUT2D eigenvalue weighted by molar-refractivity contribution is 0.325. The van der Waals surface area contributed by atoms with Crippen molar-refractivity contribution >= 4 is 0 Å². The van der Waals surface area contributed by atoms with Crippen LogP contribution in [0, 0.1) is 0 Å². The zero-order chi connectivity index (χ0) is 10.2. The third-order valence-corrected chi connectivity index (χ3v) is 1.99. The molecule has 1 rings (SSSR count). The summed E-state index contributed by atoms with van der Waals surface area (Å²) >= 11 is 0. The van der Waals surface area contributed by atoms with Gasteiger partial charge >= 0.3 is 0 Å². The van der Waals surface area contributed by atoms with Crippen molar-refractivity contribution in [3.8, 4) is 0 Å². The van der Waals surface area contributed by atoms with Gasteiger partial charge in [-0.1, -0.05) is 6.08 Å². The number of hydrogen-bond acceptors (Lipinski definition) is 3. The molecule has 0 amide bonds. The van der Waals surface area contributed by atoms with Crippen molar-refractivity contribution in [2.75, 3.05) is 26.7 Å². The summed E-state index contributed by atoms with van der Waals surface area (Å²) in [4.78, 5) is 2.25. The van der Waals surface area contributed by atoms with Crippen LogP contribution in [-0.2, 0) is 6.54 Å². The summed E-state index contributed by atoms with van der Waals surface area (Å²) in [6, 6.07) is 1.99. The Hall–Kier alpha value is -1.06. The molecule has 0 atom stereocenters. The van der Waals surface area contributed by atoms with Crippen LogP contribution >= 0.6 is 0 Å². The van der Waals surface area contributed by atoms with Gasteiger partial charge < -0.3 is 14.6 Å². The SMILES string of the molecule is C=CCNCCN(C)Cc1ccoc1. The van der Waals surface area contributed by atoms with Crippen molar-refractivity contribution in [1.29, 1.82) is 0 Å². The van der Waals surface area contributed by atoms with Crippen LogP contribution in [0.15, 0.2) is 35.7 Å². The molecule has 3 nitrogen and oxygen atoms in total. The van der Waals surface area contributed by atoms with E-state index in [4.69, 9.17) is 4.42 Å². The summed E-state index contributed by atoms with van der Waals surface area (Å²) in [5, 5.41) is 3.26. The molecule has 0 aliphatic rings. The third-order valence-electron chi connectivity index (χ3n) is 1.99. The third kappa shape index (κ3) is 4.25. The molecule has 1 N–H and O–H groups in total. The highest BCUT2D eigenvalue weighted by Gasteiger charge is 1.99. The molecule has 3 heteroatoms. The fraction of sp³-hybridized carbons (Fsp3) is 0.455. The van der Waals surface area contributed by atoms with Gasteiger partial charge in [-0.25, -0.2) is 0 Å². The van der Waals surface area contributed by atoms with E-state index >= 15 is 0 Å². The van der Waals surface area contributed by atoms with Crippen molar-refractivity contribution in [2.24, 2.45) is 0 Å². The lowest BCUT2D eigenvalue weighted by Crippen LogP contribution is -2.28. The van der Waals surface area contributed by atoms with Gasteiger partial charge in [-0.3, -0.25) is 0 Å². The standard InChI is InChI=1S/C11H18N2O/c1-3-5-12-6-7-13(2)9-11-4-8-14-10-11/h3-4,8,10,12H,1,5-7,9H2,2H3. The highest BCUT2D eigenvalue weighted by molar-refractivity contribution is 5.04. The van der Waals surface area contributed by atoms with E-state index in [0.29, 0.717) is 0 Å². The average Bonchev–Trinajstić information content (AvgIpc) is 2.65. The summed E-state index contributed by atoms with van der Waals surface area (Å²) in [6.07, 6.45) is 5.36. The number of nitrogens with zero attached hydrogens (tertiary/aromatic N) is 1. The van der Waals surface area contributed by atoms with Crippen molar-refractivity contribution < 1.29 is 4.42 Å². The molecular weight excluding hydrogens is 176 g/mol. The van der Waals surface area contributed by atoms with Crippen molar-refractivity contribution in [1.82, 2.24) is 10.2 Å². The van der Waals surface area contributed by atoms with Gasteiger partial charge in [0.25, 0.3) is 0 Å². The number of rotatable bonds is 7. The second-order valence-corrected chi connectivity index (χ2v) is 3.36. The van der Waals surface area contributed by atoms with Gasteiger partial charge in [-0.2, -0.15) is 0 Å². The molecular formula is C11H18N2O. The van der Waals surface area contributed by atoms with Crippen molar-refractivity contribution in [2.45, 2.75) is 6.54 Å². The summed E-state index contributed by atoms with van der Waals surface area (Å²) < 4.78 is 5.00. The molecule has 0 spiro atoms. The van der Waals surface area contributed by atoms with E-state index in [-0.39, 0.29) is 0 Å². The van der Waals surface area contributed by atoms with Crippen LogP contribution in [-0.4, -0.2) is 31.6 Å². The molecule has 0 aliphatic carbocycles. The highest BCUT2D eigenvalue weighted by Crippen LogP contribution is 2.02. The monoisotopic (exact) mass is 194 g/mol. The van der Waals surface area contributed by atoms with Gasteiger partial charge in [0.05, 0.1) is 12.5 Å². The quantitative estimate of drug-likeness (QED) is 0.526. The maximum absolute atomic E-state index is 5.00. The first-order valence-corrected chi connectivity index (χ1v) is 4.84. The Bertz CT molecular complexity index is 244. The Morgan fingerprint density at radius 3 is 3.14 bits per heavy atom.